The lowest BCUT2D eigenvalue weighted by molar-refractivity contribution is 0.0953. The Morgan fingerprint density at radius 1 is 1.29 bits per heavy atom. The zero-order valence-electron chi connectivity index (χ0n) is 13.8. The van der Waals surface area contributed by atoms with Crippen molar-refractivity contribution in [2.24, 2.45) is 0 Å². The van der Waals surface area contributed by atoms with Crippen LogP contribution in [-0.2, 0) is 6.42 Å². The highest BCUT2D eigenvalue weighted by molar-refractivity contribution is 5.94. The molecule has 0 aliphatic heterocycles. The van der Waals surface area contributed by atoms with E-state index in [1.807, 2.05) is 44.3 Å². The molecule has 0 aliphatic rings. The summed E-state index contributed by atoms with van der Waals surface area (Å²) in [6.45, 7) is 4.45. The Bertz CT molecular complexity index is 802. The number of carbonyl (C=O) groups excluding carboxylic acids is 1. The van der Waals surface area contributed by atoms with Crippen molar-refractivity contribution in [2.75, 3.05) is 6.54 Å². The Labute approximate surface area is 140 Å². The molecule has 2 heterocycles. The zero-order chi connectivity index (χ0) is 16.9. The van der Waals surface area contributed by atoms with E-state index in [2.05, 4.69) is 15.6 Å². The molecule has 6 heteroatoms. The van der Waals surface area contributed by atoms with Crippen LogP contribution in [0.25, 0.3) is 5.69 Å². The molecule has 124 valence electrons. The second-order valence-electron chi connectivity index (χ2n) is 5.66. The number of rotatable bonds is 6. The van der Waals surface area contributed by atoms with Crippen LogP contribution in [-0.4, -0.2) is 27.4 Å². The van der Waals surface area contributed by atoms with Gasteiger partial charge in [-0.1, -0.05) is 11.2 Å². The van der Waals surface area contributed by atoms with Gasteiger partial charge in [-0.05, 0) is 51.0 Å². The molecule has 3 rings (SSSR count). The molecule has 1 aromatic carbocycles. The van der Waals surface area contributed by atoms with E-state index in [1.54, 1.807) is 16.9 Å². The van der Waals surface area contributed by atoms with Crippen LogP contribution in [0.15, 0.2) is 47.2 Å². The first kappa shape index (κ1) is 16.0. The molecule has 6 nitrogen and oxygen atoms in total. The van der Waals surface area contributed by atoms with E-state index >= 15 is 0 Å². The first-order valence-corrected chi connectivity index (χ1v) is 7.95. The number of nitrogens with one attached hydrogen (secondary N) is 1. The van der Waals surface area contributed by atoms with Crippen LogP contribution in [0.1, 0.15) is 33.8 Å². The summed E-state index contributed by atoms with van der Waals surface area (Å²) < 4.78 is 6.88. The molecule has 0 unspecified atom stereocenters. The number of aromatic nitrogens is 3. The highest BCUT2D eigenvalue weighted by atomic mass is 16.5. The Hall–Kier alpha value is -2.89. The third-order valence-electron chi connectivity index (χ3n) is 3.95. The molecule has 0 aliphatic carbocycles. The molecule has 1 amide bonds. The average Bonchev–Trinajstić information content (AvgIpc) is 3.23. The number of benzene rings is 1. The van der Waals surface area contributed by atoms with Gasteiger partial charge in [-0.3, -0.25) is 4.79 Å². The normalized spacial score (nSPS) is 10.8. The maximum atomic E-state index is 12.3. The Morgan fingerprint density at radius 3 is 2.88 bits per heavy atom. The predicted molar refractivity (Wildman–Crippen MR) is 90.2 cm³/mol. The van der Waals surface area contributed by atoms with Crippen LogP contribution >= 0.6 is 0 Å². The summed E-state index contributed by atoms with van der Waals surface area (Å²) in [7, 11) is 0. The maximum absolute atomic E-state index is 12.3. The summed E-state index contributed by atoms with van der Waals surface area (Å²) in [6, 6.07) is 9.26. The van der Waals surface area contributed by atoms with Crippen molar-refractivity contribution in [3.05, 3.63) is 65.3 Å². The van der Waals surface area contributed by atoms with Gasteiger partial charge in [-0.25, -0.2) is 4.68 Å². The molecular weight excluding hydrogens is 304 g/mol. The quantitative estimate of drug-likeness (QED) is 0.708. The zero-order valence-corrected chi connectivity index (χ0v) is 13.8. The number of amides is 1. The summed E-state index contributed by atoms with van der Waals surface area (Å²) in [5, 5.41) is 11.1. The van der Waals surface area contributed by atoms with Gasteiger partial charge in [0.25, 0.3) is 5.91 Å². The SMILES string of the molecule is Cc1noc(C)c1CCCNC(=O)c1cccc(-n2cccn2)c1. The third kappa shape index (κ3) is 3.53. The van der Waals surface area contributed by atoms with Crippen molar-refractivity contribution in [3.8, 4) is 5.69 Å². The Morgan fingerprint density at radius 2 is 2.17 bits per heavy atom. The van der Waals surface area contributed by atoms with Crippen LogP contribution in [0.3, 0.4) is 0 Å². The van der Waals surface area contributed by atoms with Crippen molar-refractivity contribution >= 4 is 5.91 Å². The van der Waals surface area contributed by atoms with Gasteiger partial charge >= 0.3 is 0 Å². The monoisotopic (exact) mass is 324 g/mol. The molecule has 3 aromatic rings. The highest BCUT2D eigenvalue weighted by Crippen LogP contribution is 2.14. The smallest absolute Gasteiger partial charge is 0.251 e. The molecule has 0 radical (unpaired) electrons. The van der Waals surface area contributed by atoms with Crippen LogP contribution < -0.4 is 5.32 Å². The van der Waals surface area contributed by atoms with Gasteiger partial charge < -0.3 is 9.84 Å². The van der Waals surface area contributed by atoms with Gasteiger partial charge in [-0.2, -0.15) is 5.10 Å². The third-order valence-corrected chi connectivity index (χ3v) is 3.95. The summed E-state index contributed by atoms with van der Waals surface area (Å²) in [5.41, 5.74) is 3.54. The first-order chi connectivity index (χ1) is 11.6. The minimum Gasteiger partial charge on any atom is -0.361 e. The van der Waals surface area contributed by atoms with Crippen molar-refractivity contribution < 1.29 is 9.32 Å². The van der Waals surface area contributed by atoms with Gasteiger partial charge in [0.2, 0.25) is 0 Å². The molecule has 0 fully saturated rings. The van der Waals surface area contributed by atoms with E-state index in [9.17, 15) is 4.79 Å². The van der Waals surface area contributed by atoms with Gasteiger partial charge in [-0.15, -0.1) is 0 Å². The topological polar surface area (TPSA) is 73.0 Å². The van der Waals surface area contributed by atoms with E-state index in [0.29, 0.717) is 12.1 Å². The molecule has 0 spiro atoms. The molecule has 0 atom stereocenters. The minimum atomic E-state index is -0.0808. The largest absolute Gasteiger partial charge is 0.361 e. The Balaban J connectivity index is 1.55. The predicted octanol–water partition coefficient (Wildman–Crippen LogP) is 2.84. The van der Waals surface area contributed by atoms with Crippen LogP contribution in [0, 0.1) is 13.8 Å². The lowest BCUT2D eigenvalue weighted by atomic mass is 10.1. The van der Waals surface area contributed by atoms with Crippen LogP contribution in [0.5, 0.6) is 0 Å². The molecule has 1 N–H and O–H groups in total. The molecule has 0 bridgehead atoms. The molecular formula is C18H20N4O2. The van der Waals surface area contributed by atoms with Crippen LogP contribution in [0.2, 0.25) is 0 Å². The lowest BCUT2D eigenvalue weighted by Gasteiger charge is -2.07. The fraction of sp³-hybridized carbons (Fsp3) is 0.278. The second-order valence-corrected chi connectivity index (χ2v) is 5.66. The maximum Gasteiger partial charge on any atom is 0.251 e. The number of aryl methyl sites for hydroxylation is 2. The number of hydrogen-bond acceptors (Lipinski definition) is 4. The van der Waals surface area contributed by atoms with Crippen molar-refractivity contribution in [2.45, 2.75) is 26.7 Å². The summed E-state index contributed by atoms with van der Waals surface area (Å²) in [5.74, 6) is 0.772. The summed E-state index contributed by atoms with van der Waals surface area (Å²) in [6.07, 6.45) is 5.24. The van der Waals surface area contributed by atoms with E-state index < -0.39 is 0 Å². The molecule has 2 aromatic heterocycles. The van der Waals surface area contributed by atoms with Crippen molar-refractivity contribution in [1.29, 1.82) is 0 Å². The standard InChI is InChI=1S/C18H20N4O2/c1-13-17(14(2)24-21-13)8-4-9-19-18(23)15-6-3-7-16(12-15)22-11-5-10-20-22/h3,5-7,10-12H,4,8-9H2,1-2H3,(H,19,23). The summed E-state index contributed by atoms with van der Waals surface area (Å²) in [4.78, 5) is 12.3. The minimum absolute atomic E-state index is 0.0808. The Kier molecular flexibility index (Phi) is 4.74. The average molecular weight is 324 g/mol. The van der Waals surface area contributed by atoms with E-state index in [0.717, 1.165) is 35.5 Å². The first-order valence-electron chi connectivity index (χ1n) is 7.95. The molecule has 0 saturated heterocycles. The number of carbonyl (C=O) groups is 1. The fourth-order valence-electron chi connectivity index (χ4n) is 2.64. The van der Waals surface area contributed by atoms with Gasteiger partial charge in [0.1, 0.15) is 5.76 Å². The van der Waals surface area contributed by atoms with Crippen molar-refractivity contribution in [3.63, 3.8) is 0 Å². The van der Waals surface area contributed by atoms with E-state index in [1.165, 1.54) is 0 Å². The number of hydrogen-bond donors (Lipinski definition) is 1. The van der Waals surface area contributed by atoms with E-state index in [-0.39, 0.29) is 5.91 Å². The van der Waals surface area contributed by atoms with Crippen LogP contribution in [0.4, 0.5) is 0 Å². The van der Waals surface area contributed by atoms with Crippen molar-refractivity contribution in [1.82, 2.24) is 20.3 Å². The van der Waals surface area contributed by atoms with Gasteiger partial charge in [0.15, 0.2) is 0 Å². The molecule has 0 saturated carbocycles. The number of nitrogens with zero attached hydrogens (tertiary/aromatic N) is 3. The highest BCUT2D eigenvalue weighted by Gasteiger charge is 2.10. The van der Waals surface area contributed by atoms with E-state index in [4.69, 9.17) is 4.52 Å². The fourth-order valence-corrected chi connectivity index (χ4v) is 2.64. The van der Waals surface area contributed by atoms with Gasteiger partial charge in [0.05, 0.1) is 11.4 Å². The summed E-state index contributed by atoms with van der Waals surface area (Å²) >= 11 is 0. The molecule has 24 heavy (non-hydrogen) atoms. The second kappa shape index (κ2) is 7.12. The van der Waals surface area contributed by atoms with Gasteiger partial charge in [0, 0.05) is 30.1 Å². The lowest BCUT2D eigenvalue weighted by Crippen LogP contribution is -2.25.